The molecule has 0 aromatic heterocycles. The molecule has 0 saturated heterocycles. The Bertz CT molecular complexity index is 904. The van der Waals surface area contributed by atoms with Gasteiger partial charge in [0.2, 0.25) is 0 Å². The van der Waals surface area contributed by atoms with Gasteiger partial charge < -0.3 is 20.5 Å². The zero-order valence-corrected chi connectivity index (χ0v) is 14.6. The monoisotopic (exact) mass is 366 g/mol. The Balaban J connectivity index is 1.85. The normalized spacial score (nSPS) is 16.3. The first-order valence-corrected chi connectivity index (χ1v) is 8.28. The van der Waals surface area contributed by atoms with Crippen molar-refractivity contribution in [2.45, 2.75) is 19.6 Å². The van der Waals surface area contributed by atoms with Gasteiger partial charge in [-0.25, -0.2) is 14.4 Å². The molecule has 3 rings (SSSR count). The number of carboxylic acid groups (broad SMARTS) is 1. The smallest absolute Gasteiger partial charge is 0.338 e. The fraction of sp³-hybridized carbons (Fsp3) is 0.150. The van der Waals surface area contributed by atoms with Gasteiger partial charge in [-0.2, -0.15) is 0 Å². The molecule has 1 atom stereocenters. The van der Waals surface area contributed by atoms with E-state index >= 15 is 0 Å². The van der Waals surface area contributed by atoms with Gasteiger partial charge in [-0.1, -0.05) is 42.5 Å². The first kappa shape index (κ1) is 18.2. The van der Waals surface area contributed by atoms with Gasteiger partial charge in [0.25, 0.3) is 0 Å². The van der Waals surface area contributed by atoms with Crippen LogP contribution >= 0.6 is 0 Å². The highest BCUT2D eigenvalue weighted by molar-refractivity contribution is 5.95. The third-order valence-corrected chi connectivity index (χ3v) is 4.19. The van der Waals surface area contributed by atoms with Gasteiger partial charge >= 0.3 is 18.0 Å². The minimum Gasteiger partial charge on any atom is -0.478 e. The number of ether oxygens (including phenoxy) is 1. The zero-order valence-electron chi connectivity index (χ0n) is 14.6. The van der Waals surface area contributed by atoms with E-state index in [1.54, 1.807) is 19.1 Å². The summed E-state index contributed by atoms with van der Waals surface area (Å²) >= 11 is 0. The maximum absolute atomic E-state index is 12.7. The molecule has 2 aromatic rings. The number of benzene rings is 2. The third-order valence-electron chi connectivity index (χ3n) is 4.19. The van der Waals surface area contributed by atoms with Gasteiger partial charge in [-0.3, -0.25) is 0 Å². The van der Waals surface area contributed by atoms with E-state index in [4.69, 9.17) is 9.84 Å². The molecular weight excluding hydrogens is 348 g/mol. The van der Waals surface area contributed by atoms with E-state index in [0.717, 1.165) is 5.56 Å². The lowest BCUT2D eigenvalue weighted by atomic mass is 9.95. The molecule has 0 saturated carbocycles. The lowest BCUT2D eigenvalue weighted by Gasteiger charge is -2.28. The minimum absolute atomic E-state index is 0.106. The molecule has 0 unspecified atom stereocenters. The van der Waals surface area contributed by atoms with Crippen LogP contribution < -0.4 is 10.6 Å². The maximum Gasteiger partial charge on any atom is 0.338 e. The molecule has 0 aliphatic carbocycles. The Labute approximate surface area is 155 Å². The minimum atomic E-state index is -1.05. The van der Waals surface area contributed by atoms with Gasteiger partial charge in [-0.05, 0) is 30.2 Å². The first-order valence-electron chi connectivity index (χ1n) is 8.28. The highest BCUT2D eigenvalue weighted by atomic mass is 16.5. The van der Waals surface area contributed by atoms with Crippen molar-refractivity contribution in [3.8, 4) is 0 Å². The number of hydrogen-bond donors (Lipinski definition) is 3. The molecular formula is C20H18N2O5. The number of nitrogens with one attached hydrogen (secondary N) is 2. The number of hydrogen-bond acceptors (Lipinski definition) is 4. The van der Waals surface area contributed by atoms with Crippen molar-refractivity contribution in [1.82, 2.24) is 10.6 Å². The van der Waals surface area contributed by atoms with E-state index in [9.17, 15) is 14.4 Å². The summed E-state index contributed by atoms with van der Waals surface area (Å²) in [4.78, 5) is 35.6. The van der Waals surface area contributed by atoms with Gasteiger partial charge in [-0.15, -0.1) is 0 Å². The first-order chi connectivity index (χ1) is 13.0. The highest BCUT2D eigenvalue weighted by Crippen LogP contribution is 2.28. The number of carbonyl (C=O) groups excluding carboxylic acids is 2. The van der Waals surface area contributed by atoms with Crippen molar-refractivity contribution < 1.29 is 24.2 Å². The number of esters is 1. The van der Waals surface area contributed by atoms with Crippen LogP contribution in [0.1, 0.15) is 34.5 Å². The predicted octanol–water partition coefficient (Wildman–Crippen LogP) is 2.76. The highest BCUT2D eigenvalue weighted by Gasteiger charge is 2.32. The molecule has 2 amide bonds. The van der Waals surface area contributed by atoms with Crippen molar-refractivity contribution in [3.05, 3.63) is 82.6 Å². The molecule has 1 aliphatic heterocycles. The third kappa shape index (κ3) is 4.14. The van der Waals surface area contributed by atoms with Crippen LogP contribution in [0.4, 0.5) is 4.79 Å². The van der Waals surface area contributed by atoms with Crippen LogP contribution in [0.15, 0.2) is 65.9 Å². The standard InChI is InChI=1S/C20H18N2O5/c1-12-16(19(25)27-11-13-5-3-2-4-6-13)17(22-20(26)21-12)14-7-9-15(10-8-14)18(23)24/h2-10,17H,11H2,1H3,(H,23,24)(H2,21,22,26)/t17-/m0/s1. The number of rotatable bonds is 5. The average Bonchev–Trinajstić information content (AvgIpc) is 2.66. The topological polar surface area (TPSA) is 105 Å². The second-order valence-electron chi connectivity index (χ2n) is 6.06. The van der Waals surface area contributed by atoms with Crippen molar-refractivity contribution in [1.29, 1.82) is 0 Å². The van der Waals surface area contributed by atoms with Crippen molar-refractivity contribution in [3.63, 3.8) is 0 Å². The Morgan fingerprint density at radius 1 is 1.07 bits per heavy atom. The molecule has 1 heterocycles. The van der Waals surface area contributed by atoms with E-state index in [1.807, 2.05) is 30.3 Å². The van der Waals surface area contributed by atoms with Crippen molar-refractivity contribution in [2.24, 2.45) is 0 Å². The Hall–Kier alpha value is -3.61. The van der Waals surface area contributed by atoms with E-state index in [1.165, 1.54) is 12.1 Å². The second-order valence-corrected chi connectivity index (χ2v) is 6.06. The van der Waals surface area contributed by atoms with Gasteiger partial charge in [0.1, 0.15) is 6.61 Å². The van der Waals surface area contributed by atoms with Gasteiger partial charge in [0.15, 0.2) is 0 Å². The number of amides is 2. The lowest BCUT2D eigenvalue weighted by molar-refractivity contribution is -0.140. The van der Waals surface area contributed by atoms with E-state index in [0.29, 0.717) is 11.3 Å². The Morgan fingerprint density at radius 3 is 2.37 bits per heavy atom. The number of carbonyl (C=O) groups is 3. The van der Waals surface area contributed by atoms with Crippen LogP contribution in [0, 0.1) is 0 Å². The summed E-state index contributed by atoms with van der Waals surface area (Å²) in [5, 5.41) is 14.3. The van der Waals surface area contributed by atoms with Crippen LogP contribution in [-0.4, -0.2) is 23.1 Å². The Morgan fingerprint density at radius 2 is 1.74 bits per heavy atom. The molecule has 27 heavy (non-hydrogen) atoms. The summed E-state index contributed by atoms with van der Waals surface area (Å²) < 4.78 is 5.40. The fourth-order valence-electron chi connectivity index (χ4n) is 2.83. The van der Waals surface area contributed by atoms with Gasteiger partial charge in [0.05, 0.1) is 17.2 Å². The summed E-state index contributed by atoms with van der Waals surface area (Å²) in [5.74, 6) is -1.61. The predicted molar refractivity (Wildman–Crippen MR) is 96.7 cm³/mol. The van der Waals surface area contributed by atoms with Crippen LogP contribution in [0.25, 0.3) is 0 Å². The summed E-state index contributed by atoms with van der Waals surface area (Å²) in [5.41, 5.74) is 2.21. The summed E-state index contributed by atoms with van der Waals surface area (Å²) in [6.07, 6.45) is 0. The SMILES string of the molecule is CC1=C(C(=O)OCc2ccccc2)[C@H](c2ccc(C(=O)O)cc2)NC(=O)N1. The summed E-state index contributed by atoms with van der Waals surface area (Å²) in [6.45, 7) is 1.73. The average molecular weight is 366 g/mol. The molecule has 3 N–H and O–H groups in total. The van der Waals surface area contributed by atoms with Gasteiger partial charge in [0, 0.05) is 5.70 Å². The van der Waals surface area contributed by atoms with E-state index in [-0.39, 0.29) is 17.7 Å². The summed E-state index contributed by atoms with van der Waals surface area (Å²) in [6, 6.07) is 14.1. The van der Waals surface area contributed by atoms with E-state index < -0.39 is 24.0 Å². The zero-order chi connectivity index (χ0) is 19.4. The molecule has 7 heteroatoms. The van der Waals surface area contributed by atoms with Crippen molar-refractivity contribution >= 4 is 18.0 Å². The molecule has 0 spiro atoms. The molecule has 7 nitrogen and oxygen atoms in total. The van der Waals surface area contributed by atoms with Crippen molar-refractivity contribution in [2.75, 3.05) is 0 Å². The quantitative estimate of drug-likeness (QED) is 0.706. The molecule has 0 radical (unpaired) electrons. The largest absolute Gasteiger partial charge is 0.478 e. The molecule has 0 bridgehead atoms. The number of carboxylic acids is 1. The summed E-state index contributed by atoms with van der Waals surface area (Å²) in [7, 11) is 0. The maximum atomic E-state index is 12.7. The number of allylic oxidation sites excluding steroid dienone is 1. The molecule has 1 aliphatic rings. The van der Waals surface area contributed by atoms with Crippen LogP contribution in [0.3, 0.4) is 0 Å². The molecule has 0 fully saturated rings. The number of aromatic carboxylic acids is 1. The fourth-order valence-corrected chi connectivity index (χ4v) is 2.83. The van der Waals surface area contributed by atoms with Crippen LogP contribution in [0.5, 0.6) is 0 Å². The molecule has 138 valence electrons. The Kier molecular flexibility index (Phi) is 5.21. The van der Waals surface area contributed by atoms with Crippen LogP contribution in [0.2, 0.25) is 0 Å². The second kappa shape index (κ2) is 7.74. The van der Waals surface area contributed by atoms with E-state index in [2.05, 4.69) is 10.6 Å². The molecule has 2 aromatic carbocycles. The van der Waals surface area contributed by atoms with Crippen LogP contribution in [-0.2, 0) is 16.1 Å². The number of urea groups is 1. The lowest BCUT2D eigenvalue weighted by Crippen LogP contribution is -2.45.